The fourth-order valence-corrected chi connectivity index (χ4v) is 6.39. The second-order valence-corrected chi connectivity index (χ2v) is 10.8. The van der Waals surface area contributed by atoms with E-state index in [2.05, 4.69) is 27.0 Å². The number of aryl methyl sites for hydroxylation is 1. The fraction of sp³-hybridized carbons (Fsp3) is 0.520. The summed E-state index contributed by atoms with van der Waals surface area (Å²) >= 11 is 3.57. The molecular formula is C25H33N3O2S2. The van der Waals surface area contributed by atoms with E-state index in [1.807, 2.05) is 41.7 Å². The van der Waals surface area contributed by atoms with Gasteiger partial charge in [-0.1, -0.05) is 11.8 Å². The number of benzene rings is 1. The molecule has 0 unspecified atom stereocenters. The number of ether oxygens (including phenoxy) is 1. The van der Waals surface area contributed by atoms with Crippen LogP contribution in [0, 0.1) is 11.8 Å². The molecule has 1 aliphatic rings. The van der Waals surface area contributed by atoms with Gasteiger partial charge < -0.3 is 14.7 Å². The van der Waals surface area contributed by atoms with Crippen LogP contribution in [-0.4, -0.2) is 59.1 Å². The van der Waals surface area contributed by atoms with Gasteiger partial charge in [0.15, 0.2) is 0 Å². The highest BCUT2D eigenvalue weighted by Gasteiger charge is 2.28. The average molecular weight is 472 g/mol. The smallest absolute Gasteiger partial charge is 0.149 e. The van der Waals surface area contributed by atoms with Gasteiger partial charge in [-0.3, -0.25) is 4.98 Å². The number of fused-ring (bicyclic) bond motifs is 1. The first kappa shape index (κ1) is 23.5. The van der Waals surface area contributed by atoms with Gasteiger partial charge in [0.1, 0.15) is 10.1 Å². The number of rotatable bonds is 11. The van der Waals surface area contributed by atoms with Gasteiger partial charge in [-0.05, 0) is 86.9 Å². The van der Waals surface area contributed by atoms with Crippen molar-refractivity contribution in [2.75, 3.05) is 39.1 Å². The molecule has 5 nitrogen and oxygen atoms in total. The van der Waals surface area contributed by atoms with E-state index in [4.69, 9.17) is 4.74 Å². The van der Waals surface area contributed by atoms with E-state index >= 15 is 0 Å². The number of aliphatic hydroxyl groups is 1. The third-order valence-corrected chi connectivity index (χ3v) is 8.58. The van der Waals surface area contributed by atoms with E-state index in [1.54, 1.807) is 18.4 Å². The van der Waals surface area contributed by atoms with Crippen molar-refractivity contribution in [2.45, 2.75) is 36.4 Å². The number of hydrogen-bond donors (Lipinski definition) is 1. The third-order valence-electron chi connectivity index (χ3n) is 6.52. The predicted octanol–water partition coefficient (Wildman–Crippen LogP) is 5.14. The first-order valence-electron chi connectivity index (χ1n) is 11.5. The van der Waals surface area contributed by atoms with Gasteiger partial charge in [0, 0.05) is 42.1 Å². The molecule has 0 radical (unpaired) electrons. The van der Waals surface area contributed by atoms with E-state index in [1.165, 1.54) is 30.2 Å². The lowest BCUT2D eigenvalue weighted by Gasteiger charge is -2.38. The van der Waals surface area contributed by atoms with E-state index < -0.39 is 0 Å². The minimum Gasteiger partial charge on any atom is -0.497 e. The molecule has 1 aliphatic heterocycles. The number of methoxy groups -OCH3 is 1. The van der Waals surface area contributed by atoms with Crippen molar-refractivity contribution < 1.29 is 9.84 Å². The lowest BCUT2D eigenvalue weighted by molar-refractivity contribution is 0.0677. The lowest BCUT2D eigenvalue weighted by atomic mass is 9.82. The molecule has 32 heavy (non-hydrogen) atoms. The monoisotopic (exact) mass is 471 g/mol. The summed E-state index contributed by atoms with van der Waals surface area (Å²) in [6.07, 6.45) is 9.50. The Labute approximate surface area is 199 Å². The summed E-state index contributed by atoms with van der Waals surface area (Å²) in [4.78, 5) is 11.4. The SMILES string of the molecule is COc1ccc2nccc(CCC[C@@H]3CCN(CCCSc4nccs4)C[C@@H]3CO)c2c1. The van der Waals surface area contributed by atoms with Crippen LogP contribution in [0.1, 0.15) is 31.2 Å². The quantitative estimate of drug-likeness (QED) is 0.309. The summed E-state index contributed by atoms with van der Waals surface area (Å²) in [6.45, 7) is 3.59. The van der Waals surface area contributed by atoms with Gasteiger partial charge >= 0.3 is 0 Å². The predicted molar refractivity (Wildman–Crippen MR) is 134 cm³/mol. The molecule has 2 aromatic heterocycles. The van der Waals surface area contributed by atoms with E-state index in [9.17, 15) is 5.11 Å². The van der Waals surface area contributed by atoms with Crippen LogP contribution in [0.15, 0.2) is 46.4 Å². The standard InChI is InChI=1S/C25H33N3O2S2/c1-30-22-6-7-24-23(16-22)20(8-10-26-24)5-2-4-19-9-13-28(17-21(19)18-29)12-3-14-31-25-27-11-15-32-25/h6-8,10-11,15-16,19,21,29H,2-5,9,12-14,17-18H2,1H3/t19-,21-/m1/s1. The molecule has 3 heterocycles. The Balaban J connectivity index is 1.23. The second kappa shape index (κ2) is 12.0. The van der Waals surface area contributed by atoms with Crippen molar-refractivity contribution in [3.8, 4) is 5.75 Å². The van der Waals surface area contributed by atoms with Gasteiger partial charge in [0.25, 0.3) is 0 Å². The molecule has 0 bridgehead atoms. The summed E-state index contributed by atoms with van der Waals surface area (Å²) in [5, 5.41) is 13.3. The average Bonchev–Trinajstić information content (AvgIpc) is 3.36. The number of pyridine rings is 1. The van der Waals surface area contributed by atoms with Crippen LogP contribution in [0.3, 0.4) is 0 Å². The first-order valence-corrected chi connectivity index (χ1v) is 13.4. The van der Waals surface area contributed by atoms with Crippen molar-refractivity contribution in [3.05, 3.63) is 47.6 Å². The highest BCUT2D eigenvalue weighted by molar-refractivity contribution is 8.00. The number of thiazole rings is 1. The highest BCUT2D eigenvalue weighted by Crippen LogP contribution is 2.30. The van der Waals surface area contributed by atoms with Crippen LogP contribution in [0.2, 0.25) is 0 Å². The third kappa shape index (κ3) is 6.22. The summed E-state index contributed by atoms with van der Waals surface area (Å²) in [5.41, 5.74) is 2.36. The molecule has 1 saturated heterocycles. The zero-order valence-corrected chi connectivity index (χ0v) is 20.4. The van der Waals surface area contributed by atoms with E-state index in [-0.39, 0.29) is 0 Å². The maximum Gasteiger partial charge on any atom is 0.149 e. The molecule has 7 heteroatoms. The molecule has 2 atom stereocenters. The number of nitrogens with zero attached hydrogens (tertiary/aromatic N) is 3. The van der Waals surface area contributed by atoms with E-state index in [0.29, 0.717) is 18.4 Å². The van der Waals surface area contributed by atoms with Crippen LogP contribution in [0.25, 0.3) is 10.9 Å². The van der Waals surface area contributed by atoms with Crippen molar-refractivity contribution in [2.24, 2.45) is 11.8 Å². The number of thioether (sulfide) groups is 1. The summed E-state index contributed by atoms with van der Waals surface area (Å²) in [6, 6.07) is 8.23. The Morgan fingerprint density at radius 2 is 2.12 bits per heavy atom. The zero-order valence-electron chi connectivity index (χ0n) is 18.8. The Hall–Kier alpha value is -1.67. The Morgan fingerprint density at radius 3 is 2.94 bits per heavy atom. The van der Waals surface area contributed by atoms with Gasteiger partial charge in [0.2, 0.25) is 0 Å². The topological polar surface area (TPSA) is 58.5 Å². The molecule has 0 saturated carbocycles. The van der Waals surface area contributed by atoms with Crippen LogP contribution < -0.4 is 4.74 Å². The van der Waals surface area contributed by atoms with Gasteiger partial charge in [0.05, 0.1) is 12.6 Å². The Morgan fingerprint density at radius 1 is 1.19 bits per heavy atom. The van der Waals surface area contributed by atoms with Crippen LogP contribution in [0.5, 0.6) is 5.75 Å². The highest BCUT2D eigenvalue weighted by atomic mass is 32.2. The molecular weight excluding hydrogens is 438 g/mol. The molecule has 172 valence electrons. The molecule has 0 spiro atoms. The normalized spacial score (nSPS) is 19.4. The molecule has 4 rings (SSSR count). The molecule has 0 aliphatic carbocycles. The first-order chi connectivity index (χ1) is 15.8. The summed E-state index contributed by atoms with van der Waals surface area (Å²) < 4.78 is 6.57. The number of aromatic nitrogens is 2. The van der Waals surface area contributed by atoms with E-state index in [0.717, 1.165) is 53.8 Å². The molecule has 1 N–H and O–H groups in total. The number of piperidine rings is 1. The molecule has 0 amide bonds. The largest absolute Gasteiger partial charge is 0.497 e. The van der Waals surface area contributed by atoms with Crippen LogP contribution in [0.4, 0.5) is 0 Å². The molecule has 3 aromatic rings. The minimum atomic E-state index is 0.296. The van der Waals surface area contributed by atoms with Gasteiger partial charge in [-0.15, -0.1) is 11.3 Å². The van der Waals surface area contributed by atoms with Crippen molar-refractivity contribution >= 4 is 34.0 Å². The van der Waals surface area contributed by atoms with Gasteiger partial charge in [-0.25, -0.2) is 4.98 Å². The number of hydrogen-bond acceptors (Lipinski definition) is 7. The van der Waals surface area contributed by atoms with Crippen LogP contribution >= 0.6 is 23.1 Å². The van der Waals surface area contributed by atoms with Gasteiger partial charge in [-0.2, -0.15) is 0 Å². The summed E-state index contributed by atoms with van der Waals surface area (Å²) in [7, 11) is 1.71. The maximum absolute atomic E-state index is 10.0. The Bertz CT molecular complexity index is 967. The zero-order chi connectivity index (χ0) is 22.2. The number of likely N-dealkylation sites (tertiary alicyclic amines) is 1. The molecule has 1 aromatic carbocycles. The van der Waals surface area contributed by atoms with Crippen molar-refractivity contribution in [1.29, 1.82) is 0 Å². The van der Waals surface area contributed by atoms with Crippen molar-refractivity contribution in [3.63, 3.8) is 0 Å². The molecule has 1 fully saturated rings. The fourth-order valence-electron chi connectivity index (χ4n) is 4.76. The summed E-state index contributed by atoms with van der Waals surface area (Å²) in [5.74, 6) is 3.00. The Kier molecular flexibility index (Phi) is 8.79. The second-order valence-electron chi connectivity index (χ2n) is 8.54. The minimum absolute atomic E-state index is 0.296. The lowest BCUT2D eigenvalue weighted by Crippen LogP contribution is -2.42. The van der Waals surface area contributed by atoms with Crippen LogP contribution in [-0.2, 0) is 6.42 Å². The maximum atomic E-state index is 10.0. The van der Waals surface area contributed by atoms with Crippen molar-refractivity contribution in [1.82, 2.24) is 14.9 Å². The number of aliphatic hydroxyl groups excluding tert-OH is 1.